The van der Waals surface area contributed by atoms with Crippen LogP contribution >= 0.6 is 11.3 Å². The highest BCUT2D eigenvalue weighted by atomic mass is 32.1. The van der Waals surface area contributed by atoms with E-state index < -0.39 is 5.63 Å². The lowest BCUT2D eigenvalue weighted by Gasteiger charge is -2.21. The molecule has 0 saturated carbocycles. The molecular formula is C20H25N3O3S. The van der Waals surface area contributed by atoms with E-state index in [1.165, 1.54) is 17.0 Å². The molecule has 0 bridgehead atoms. The van der Waals surface area contributed by atoms with Crippen LogP contribution in [0.2, 0.25) is 0 Å². The highest BCUT2D eigenvalue weighted by molar-refractivity contribution is 7.11. The fourth-order valence-electron chi connectivity index (χ4n) is 3.94. The Morgan fingerprint density at radius 1 is 1.37 bits per heavy atom. The van der Waals surface area contributed by atoms with Crippen molar-refractivity contribution in [2.75, 3.05) is 19.6 Å². The zero-order valence-corrected chi connectivity index (χ0v) is 16.4. The Kier molecular flexibility index (Phi) is 5.41. The van der Waals surface area contributed by atoms with Crippen LogP contribution in [0, 0.1) is 6.92 Å². The van der Waals surface area contributed by atoms with Gasteiger partial charge < -0.3 is 15.1 Å². The third-order valence-corrected chi connectivity index (χ3v) is 6.62. The van der Waals surface area contributed by atoms with Crippen molar-refractivity contribution in [3.8, 4) is 0 Å². The normalized spacial score (nSPS) is 17.1. The molecule has 1 fully saturated rings. The van der Waals surface area contributed by atoms with Gasteiger partial charge in [-0.05, 0) is 63.7 Å². The van der Waals surface area contributed by atoms with Crippen LogP contribution in [0.3, 0.4) is 0 Å². The summed E-state index contributed by atoms with van der Waals surface area (Å²) < 4.78 is 5.50. The van der Waals surface area contributed by atoms with Gasteiger partial charge in [-0.3, -0.25) is 4.79 Å². The largest absolute Gasteiger partial charge is 0.427 e. The number of aryl methyl sites for hydroxylation is 3. The molecule has 4 rings (SSSR count). The van der Waals surface area contributed by atoms with Crippen LogP contribution in [0.4, 0.5) is 0 Å². The second-order valence-electron chi connectivity index (χ2n) is 7.36. The van der Waals surface area contributed by atoms with E-state index in [1.54, 1.807) is 11.3 Å². The van der Waals surface area contributed by atoms with E-state index in [2.05, 4.69) is 15.6 Å². The summed E-state index contributed by atoms with van der Waals surface area (Å²) in [5.41, 5.74) is 1.50. The molecule has 2 aromatic rings. The minimum atomic E-state index is -0.533. The van der Waals surface area contributed by atoms with Crippen LogP contribution < -0.4 is 16.3 Å². The molecule has 2 aliphatic rings. The minimum Gasteiger partial charge on any atom is -0.427 e. The molecule has 1 aliphatic heterocycles. The first kappa shape index (κ1) is 18.4. The van der Waals surface area contributed by atoms with Crippen molar-refractivity contribution in [2.45, 2.75) is 51.4 Å². The first-order valence-electron chi connectivity index (χ1n) is 9.73. The number of carbonyl (C=O) groups is 1. The summed E-state index contributed by atoms with van der Waals surface area (Å²) in [6, 6.07) is 1.86. The summed E-state index contributed by atoms with van der Waals surface area (Å²) in [6.45, 7) is 4.13. The summed E-state index contributed by atoms with van der Waals surface area (Å²) in [5, 5.41) is 7.21. The summed E-state index contributed by atoms with van der Waals surface area (Å²) in [6.07, 6.45) is 6.00. The lowest BCUT2D eigenvalue weighted by Crippen LogP contribution is -2.32. The van der Waals surface area contributed by atoms with Gasteiger partial charge in [0, 0.05) is 23.8 Å². The van der Waals surface area contributed by atoms with Crippen molar-refractivity contribution < 1.29 is 9.21 Å². The van der Waals surface area contributed by atoms with Crippen molar-refractivity contribution >= 4 is 17.2 Å². The highest BCUT2D eigenvalue weighted by Crippen LogP contribution is 2.28. The minimum absolute atomic E-state index is 0.120. The Morgan fingerprint density at radius 2 is 2.19 bits per heavy atom. The number of hydrogen-bond donors (Lipinski definition) is 2. The molecule has 0 atom stereocenters. The Balaban J connectivity index is 1.39. The topological polar surface area (TPSA) is 84.2 Å². The molecule has 27 heavy (non-hydrogen) atoms. The number of piperidine rings is 1. The van der Waals surface area contributed by atoms with Gasteiger partial charge in [0.05, 0.1) is 10.7 Å². The number of thiazole rings is 1. The van der Waals surface area contributed by atoms with E-state index in [1.807, 2.05) is 13.0 Å². The summed E-state index contributed by atoms with van der Waals surface area (Å²) in [5.74, 6) is 0.594. The number of hydrogen-bond acceptors (Lipinski definition) is 6. The Bertz CT molecular complexity index is 875. The van der Waals surface area contributed by atoms with Crippen molar-refractivity contribution in [3.05, 3.63) is 49.0 Å². The number of amides is 1. The standard InChI is InChI=1S/C20H25N3O3S/c1-12-11-15(13-5-8-21-9-6-13)26-20(25)18(12)19(24)22-10-7-17-23-14-3-2-4-16(14)27-17/h11,13,21H,2-10H2,1H3,(H,22,24). The molecule has 1 saturated heterocycles. The molecule has 0 radical (unpaired) electrons. The number of nitrogens with one attached hydrogen (secondary N) is 2. The lowest BCUT2D eigenvalue weighted by atomic mass is 9.94. The summed E-state index contributed by atoms with van der Waals surface area (Å²) in [4.78, 5) is 31.0. The monoisotopic (exact) mass is 387 g/mol. The van der Waals surface area contributed by atoms with E-state index in [9.17, 15) is 9.59 Å². The van der Waals surface area contributed by atoms with Crippen molar-refractivity contribution in [1.29, 1.82) is 0 Å². The predicted molar refractivity (Wildman–Crippen MR) is 105 cm³/mol. The maximum absolute atomic E-state index is 12.5. The van der Waals surface area contributed by atoms with Crippen molar-refractivity contribution in [2.24, 2.45) is 0 Å². The number of aromatic nitrogens is 1. The fourth-order valence-corrected chi connectivity index (χ4v) is 5.09. The highest BCUT2D eigenvalue weighted by Gasteiger charge is 2.22. The Hall–Kier alpha value is -1.99. The summed E-state index contributed by atoms with van der Waals surface area (Å²) in [7, 11) is 0. The molecule has 7 heteroatoms. The molecule has 1 aliphatic carbocycles. The van der Waals surface area contributed by atoms with Crippen LogP contribution in [0.25, 0.3) is 0 Å². The molecule has 0 aromatic carbocycles. The van der Waals surface area contributed by atoms with Gasteiger partial charge in [0.25, 0.3) is 5.91 Å². The zero-order valence-electron chi connectivity index (χ0n) is 15.6. The average molecular weight is 388 g/mol. The first-order chi connectivity index (χ1) is 13.1. The SMILES string of the molecule is Cc1cc(C2CCNCC2)oc(=O)c1C(=O)NCCc1nc2c(s1)CCC2. The van der Waals surface area contributed by atoms with Gasteiger partial charge >= 0.3 is 5.63 Å². The van der Waals surface area contributed by atoms with Gasteiger partial charge in [-0.25, -0.2) is 9.78 Å². The number of fused-ring (bicyclic) bond motifs is 1. The van der Waals surface area contributed by atoms with Crippen molar-refractivity contribution in [3.63, 3.8) is 0 Å². The van der Waals surface area contributed by atoms with Crippen LogP contribution in [0.1, 0.15) is 62.4 Å². The van der Waals surface area contributed by atoms with Crippen molar-refractivity contribution in [1.82, 2.24) is 15.6 Å². The van der Waals surface area contributed by atoms with Gasteiger partial charge in [0.2, 0.25) is 0 Å². The van der Waals surface area contributed by atoms with E-state index in [-0.39, 0.29) is 17.4 Å². The van der Waals surface area contributed by atoms with E-state index >= 15 is 0 Å². The Labute approximate surface area is 162 Å². The van der Waals surface area contributed by atoms with Gasteiger partial charge in [0.1, 0.15) is 11.3 Å². The van der Waals surface area contributed by atoms with Crippen LogP contribution in [-0.2, 0) is 19.3 Å². The van der Waals surface area contributed by atoms with Gasteiger partial charge in [-0.1, -0.05) is 0 Å². The molecule has 6 nitrogen and oxygen atoms in total. The van der Waals surface area contributed by atoms with Gasteiger partial charge in [-0.15, -0.1) is 11.3 Å². The van der Waals surface area contributed by atoms with Gasteiger partial charge in [0.15, 0.2) is 0 Å². The van der Waals surface area contributed by atoms with Crippen LogP contribution in [-0.4, -0.2) is 30.5 Å². The van der Waals surface area contributed by atoms with Gasteiger partial charge in [-0.2, -0.15) is 0 Å². The number of nitrogens with zero attached hydrogens (tertiary/aromatic N) is 1. The molecule has 1 amide bonds. The number of carbonyl (C=O) groups excluding carboxylic acids is 1. The molecular weight excluding hydrogens is 362 g/mol. The van der Waals surface area contributed by atoms with E-state index in [4.69, 9.17) is 4.42 Å². The quantitative estimate of drug-likeness (QED) is 0.823. The molecule has 0 spiro atoms. The predicted octanol–water partition coefficient (Wildman–Crippen LogP) is 2.33. The number of rotatable bonds is 5. The Morgan fingerprint density at radius 3 is 2.93 bits per heavy atom. The average Bonchev–Trinajstić information content (AvgIpc) is 3.23. The molecule has 144 valence electrons. The van der Waals surface area contributed by atoms with Crippen LogP contribution in [0.15, 0.2) is 15.3 Å². The molecule has 2 aromatic heterocycles. The maximum Gasteiger partial charge on any atom is 0.349 e. The fraction of sp³-hybridized carbons (Fsp3) is 0.550. The third kappa shape index (κ3) is 3.99. The van der Waals surface area contributed by atoms with E-state index in [0.29, 0.717) is 24.3 Å². The second kappa shape index (κ2) is 7.94. The van der Waals surface area contributed by atoms with Crippen LogP contribution in [0.5, 0.6) is 0 Å². The third-order valence-electron chi connectivity index (χ3n) is 5.40. The maximum atomic E-state index is 12.5. The lowest BCUT2D eigenvalue weighted by molar-refractivity contribution is 0.0949. The molecule has 0 unspecified atom stereocenters. The smallest absolute Gasteiger partial charge is 0.349 e. The molecule has 3 heterocycles. The van der Waals surface area contributed by atoms with E-state index in [0.717, 1.165) is 43.8 Å². The summed E-state index contributed by atoms with van der Waals surface area (Å²) >= 11 is 1.75. The zero-order chi connectivity index (χ0) is 18.8. The molecule has 2 N–H and O–H groups in total. The second-order valence-corrected chi connectivity index (χ2v) is 8.52. The first-order valence-corrected chi connectivity index (χ1v) is 10.5.